The molecule has 110 valence electrons. The monoisotopic (exact) mass is 295 g/mol. The molecular formula is C15H22ClN3O. The van der Waals surface area contributed by atoms with Crippen LogP contribution in [0.3, 0.4) is 0 Å². The first kappa shape index (κ1) is 15.3. The average molecular weight is 296 g/mol. The Balaban J connectivity index is 2.26. The molecule has 4 nitrogen and oxygen atoms in total. The quantitative estimate of drug-likeness (QED) is 0.926. The number of nitrogens with zero attached hydrogens (tertiary/aromatic N) is 2. The van der Waals surface area contributed by atoms with Gasteiger partial charge in [-0.1, -0.05) is 23.7 Å². The van der Waals surface area contributed by atoms with Crippen LogP contribution < -0.4 is 5.73 Å². The number of rotatable bonds is 3. The number of hydrogen-bond acceptors (Lipinski definition) is 3. The summed E-state index contributed by atoms with van der Waals surface area (Å²) in [7, 11) is 1.85. The van der Waals surface area contributed by atoms with Gasteiger partial charge in [0, 0.05) is 31.2 Å². The molecular weight excluding hydrogens is 274 g/mol. The van der Waals surface area contributed by atoms with Gasteiger partial charge in [0.2, 0.25) is 5.91 Å². The van der Waals surface area contributed by atoms with Crippen LogP contribution in [0, 0.1) is 0 Å². The fraction of sp³-hybridized carbons (Fsp3) is 0.533. The van der Waals surface area contributed by atoms with E-state index in [1.165, 1.54) is 0 Å². The highest BCUT2D eigenvalue weighted by molar-refractivity contribution is 6.30. The van der Waals surface area contributed by atoms with Crippen LogP contribution in [0.2, 0.25) is 5.02 Å². The molecule has 1 aliphatic heterocycles. The zero-order valence-corrected chi connectivity index (χ0v) is 12.8. The van der Waals surface area contributed by atoms with E-state index in [0.29, 0.717) is 11.6 Å². The minimum absolute atomic E-state index is 0.0177. The highest BCUT2D eigenvalue weighted by atomic mass is 35.5. The van der Waals surface area contributed by atoms with Crippen molar-refractivity contribution in [2.75, 3.05) is 26.7 Å². The number of carbonyl (C=O) groups is 1. The molecule has 0 aromatic heterocycles. The predicted octanol–water partition coefficient (Wildman–Crippen LogP) is 1.89. The largest absolute Gasteiger partial charge is 0.345 e. The van der Waals surface area contributed by atoms with Crippen molar-refractivity contribution in [3.05, 3.63) is 34.9 Å². The number of carbonyl (C=O) groups excluding carboxylic acids is 1. The molecule has 2 rings (SSSR count). The summed E-state index contributed by atoms with van der Waals surface area (Å²) in [6, 6.07) is 7.70. The second kappa shape index (κ2) is 6.57. The van der Waals surface area contributed by atoms with Gasteiger partial charge in [-0.05, 0) is 31.0 Å². The standard InChI is InChI=1S/C15H22ClN3O/c1-11(17)15(12-5-3-6-13(16)9-12)19-8-4-7-18(2)14(20)10-19/h3,5-6,9,11,15H,4,7-8,10,17H2,1-2H3. The van der Waals surface area contributed by atoms with Crippen molar-refractivity contribution in [1.29, 1.82) is 0 Å². The smallest absolute Gasteiger partial charge is 0.236 e. The van der Waals surface area contributed by atoms with E-state index in [4.69, 9.17) is 17.3 Å². The molecule has 1 fully saturated rings. The molecule has 1 heterocycles. The van der Waals surface area contributed by atoms with Gasteiger partial charge in [0.25, 0.3) is 0 Å². The summed E-state index contributed by atoms with van der Waals surface area (Å²) >= 11 is 6.08. The lowest BCUT2D eigenvalue weighted by molar-refractivity contribution is -0.130. The molecule has 0 radical (unpaired) electrons. The summed E-state index contributed by atoms with van der Waals surface area (Å²) in [5.41, 5.74) is 7.24. The molecule has 0 aliphatic carbocycles. The summed E-state index contributed by atoms with van der Waals surface area (Å²) in [5.74, 6) is 0.148. The Kier molecular flexibility index (Phi) is 5.02. The molecule has 0 spiro atoms. The second-order valence-corrected chi connectivity index (χ2v) is 5.93. The van der Waals surface area contributed by atoms with Crippen molar-refractivity contribution in [2.45, 2.75) is 25.4 Å². The van der Waals surface area contributed by atoms with Gasteiger partial charge in [0.15, 0.2) is 0 Å². The Bertz CT molecular complexity index is 478. The third-order valence-corrected chi connectivity index (χ3v) is 4.02. The van der Waals surface area contributed by atoms with Crippen LogP contribution in [0.25, 0.3) is 0 Å². The molecule has 2 atom stereocenters. The zero-order chi connectivity index (χ0) is 14.7. The lowest BCUT2D eigenvalue weighted by Crippen LogP contribution is -2.43. The first-order valence-electron chi connectivity index (χ1n) is 6.98. The Morgan fingerprint density at radius 3 is 2.75 bits per heavy atom. The highest BCUT2D eigenvalue weighted by Gasteiger charge is 2.28. The average Bonchev–Trinajstić information content (AvgIpc) is 2.52. The van der Waals surface area contributed by atoms with Crippen molar-refractivity contribution in [3.8, 4) is 0 Å². The fourth-order valence-electron chi connectivity index (χ4n) is 2.78. The summed E-state index contributed by atoms with van der Waals surface area (Å²) in [5, 5.41) is 0.700. The van der Waals surface area contributed by atoms with Gasteiger partial charge < -0.3 is 10.6 Å². The second-order valence-electron chi connectivity index (χ2n) is 5.50. The Hall–Kier alpha value is -1.10. The summed E-state index contributed by atoms with van der Waals surface area (Å²) in [6.45, 7) is 4.06. The fourth-order valence-corrected chi connectivity index (χ4v) is 2.98. The van der Waals surface area contributed by atoms with E-state index in [-0.39, 0.29) is 18.0 Å². The van der Waals surface area contributed by atoms with Crippen LogP contribution in [0.5, 0.6) is 0 Å². The number of halogens is 1. The highest BCUT2D eigenvalue weighted by Crippen LogP contribution is 2.26. The number of likely N-dealkylation sites (N-methyl/N-ethyl adjacent to an activating group) is 1. The summed E-state index contributed by atoms with van der Waals surface area (Å²) in [6.07, 6.45) is 0.964. The Labute approximate surface area is 125 Å². The number of nitrogens with two attached hydrogens (primary N) is 1. The lowest BCUT2D eigenvalue weighted by Gasteiger charge is -2.33. The number of benzene rings is 1. The minimum atomic E-state index is -0.0651. The third-order valence-electron chi connectivity index (χ3n) is 3.78. The predicted molar refractivity (Wildman–Crippen MR) is 81.7 cm³/mol. The van der Waals surface area contributed by atoms with Gasteiger partial charge in [-0.2, -0.15) is 0 Å². The minimum Gasteiger partial charge on any atom is -0.345 e. The molecule has 2 N–H and O–H groups in total. The normalized spacial score (nSPS) is 20.6. The van der Waals surface area contributed by atoms with E-state index in [0.717, 1.165) is 25.1 Å². The van der Waals surface area contributed by atoms with Gasteiger partial charge in [-0.15, -0.1) is 0 Å². The first-order valence-corrected chi connectivity index (χ1v) is 7.36. The topological polar surface area (TPSA) is 49.6 Å². The lowest BCUT2D eigenvalue weighted by atomic mass is 9.99. The van der Waals surface area contributed by atoms with Crippen LogP contribution in [0.1, 0.15) is 24.9 Å². The van der Waals surface area contributed by atoms with E-state index in [2.05, 4.69) is 4.90 Å². The molecule has 20 heavy (non-hydrogen) atoms. The van der Waals surface area contributed by atoms with Crippen LogP contribution in [-0.2, 0) is 4.79 Å². The Morgan fingerprint density at radius 1 is 1.35 bits per heavy atom. The van der Waals surface area contributed by atoms with Gasteiger partial charge in [0.1, 0.15) is 0 Å². The van der Waals surface area contributed by atoms with Crippen molar-refractivity contribution < 1.29 is 4.79 Å². The first-order chi connectivity index (χ1) is 9.49. The van der Waals surface area contributed by atoms with Gasteiger partial charge in [-0.25, -0.2) is 0 Å². The molecule has 0 saturated carbocycles. The Morgan fingerprint density at radius 2 is 2.10 bits per heavy atom. The van der Waals surface area contributed by atoms with E-state index >= 15 is 0 Å². The van der Waals surface area contributed by atoms with Gasteiger partial charge in [0.05, 0.1) is 12.6 Å². The molecule has 1 amide bonds. The number of amides is 1. The maximum absolute atomic E-state index is 12.1. The van der Waals surface area contributed by atoms with E-state index in [9.17, 15) is 4.79 Å². The molecule has 0 bridgehead atoms. The molecule has 1 aromatic carbocycles. The molecule has 1 aliphatic rings. The third kappa shape index (κ3) is 3.51. The van der Waals surface area contributed by atoms with E-state index in [1.54, 1.807) is 4.90 Å². The van der Waals surface area contributed by atoms with Gasteiger partial charge in [-0.3, -0.25) is 9.69 Å². The number of hydrogen-bond donors (Lipinski definition) is 1. The van der Waals surface area contributed by atoms with E-state index in [1.807, 2.05) is 38.2 Å². The van der Waals surface area contributed by atoms with Crippen LogP contribution in [0.4, 0.5) is 0 Å². The van der Waals surface area contributed by atoms with Crippen LogP contribution in [-0.4, -0.2) is 48.4 Å². The summed E-state index contributed by atoms with van der Waals surface area (Å²) in [4.78, 5) is 16.0. The SMILES string of the molecule is CC(N)C(c1cccc(Cl)c1)N1CCCN(C)C(=O)C1. The van der Waals surface area contributed by atoms with Crippen LogP contribution >= 0.6 is 11.6 Å². The van der Waals surface area contributed by atoms with Crippen molar-refractivity contribution in [3.63, 3.8) is 0 Å². The van der Waals surface area contributed by atoms with Crippen molar-refractivity contribution in [2.24, 2.45) is 5.73 Å². The maximum atomic E-state index is 12.1. The zero-order valence-electron chi connectivity index (χ0n) is 12.1. The molecule has 1 saturated heterocycles. The molecule has 2 unspecified atom stereocenters. The molecule has 5 heteroatoms. The van der Waals surface area contributed by atoms with Crippen molar-refractivity contribution >= 4 is 17.5 Å². The van der Waals surface area contributed by atoms with Gasteiger partial charge >= 0.3 is 0 Å². The maximum Gasteiger partial charge on any atom is 0.236 e. The molecule has 1 aromatic rings. The summed E-state index contributed by atoms with van der Waals surface area (Å²) < 4.78 is 0. The van der Waals surface area contributed by atoms with Crippen molar-refractivity contribution in [1.82, 2.24) is 9.80 Å². The van der Waals surface area contributed by atoms with E-state index < -0.39 is 0 Å². The van der Waals surface area contributed by atoms with Crippen LogP contribution in [0.15, 0.2) is 24.3 Å².